The summed E-state index contributed by atoms with van der Waals surface area (Å²) < 4.78 is 41.0. The van der Waals surface area contributed by atoms with Gasteiger partial charge in [-0.25, -0.2) is 23.8 Å². The molecular formula is C64H73Cl3FN9O11. The van der Waals surface area contributed by atoms with Crippen LogP contribution in [0, 0.1) is 31.5 Å². The predicted molar refractivity (Wildman–Crippen MR) is 346 cm³/mol. The highest BCUT2D eigenvalue weighted by atomic mass is 35.5. The predicted octanol–water partition coefficient (Wildman–Crippen LogP) is 13.7. The van der Waals surface area contributed by atoms with Gasteiger partial charge in [0.2, 0.25) is 0 Å². The number of ether oxygens (including phenoxy) is 4. The van der Waals surface area contributed by atoms with E-state index >= 15 is 0 Å². The number of carbonyl (C=O) groups excluding carboxylic acids is 2. The SMILES string of the molecule is Cc1nccc2c1c(=O)n(C)c1c(Cl)c(OC[C@H](CC(C)C)NC(=O)OC(C)(C)C)ccc21.Cc1nccc2c1c(=O)n(C)c1cc(OC[C@H](CC(C)C)NC(=O)OC(C)(C)C)c(Cl)cc21.Cn1c(=O)c2c(NC(=O)O)nccc2c2cc(F)c(Cl)cc21. The van der Waals surface area contributed by atoms with E-state index in [-0.39, 0.29) is 52.6 Å². The number of benzene rings is 3. The zero-order valence-electron chi connectivity index (χ0n) is 51.8. The van der Waals surface area contributed by atoms with Gasteiger partial charge in [-0.2, -0.15) is 0 Å². The Kier molecular flexibility index (Phi) is 20.9. The van der Waals surface area contributed by atoms with Crippen LogP contribution < -0.4 is 42.1 Å². The van der Waals surface area contributed by atoms with Crippen LogP contribution in [0.25, 0.3) is 65.0 Å². The number of hydrogen-bond acceptors (Lipinski definition) is 13. The van der Waals surface area contributed by atoms with E-state index in [4.69, 9.17) is 58.9 Å². The van der Waals surface area contributed by atoms with Crippen molar-refractivity contribution in [1.29, 1.82) is 0 Å². The Morgan fingerprint density at radius 1 is 0.580 bits per heavy atom. The Hall–Kier alpha value is -8.27. The van der Waals surface area contributed by atoms with Crippen LogP contribution in [0.2, 0.25) is 15.1 Å². The van der Waals surface area contributed by atoms with E-state index in [9.17, 15) is 33.2 Å². The molecule has 0 radical (unpaired) electrons. The molecule has 3 amide bonds. The molecule has 4 N–H and O–H groups in total. The highest BCUT2D eigenvalue weighted by Gasteiger charge is 2.25. The van der Waals surface area contributed by atoms with Crippen LogP contribution in [0.15, 0.2) is 87.6 Å². The number of aryl methyl sites for hydroxylation is 5. The van der Waals surface area contributed by atoms with Crippen LogP contribution in [0.5, 0.6) is 11.5 Å². The summed E-state index contributed by atoms with van der Waals surface area (Å²) in [6.45, 7) is 23.3. The van der Waals surface area contributed by atoms with Gasteiger partial charge in [0.15, 0.2) is 0 Å². The lowest BCUT2D eigenvalue weighted by atomic mass is 10.0. The van der Waals surface area contributed by atoms with E-state index < -0.39 is 40.9 Å². The largest absolute Gasteiger partial charge is 0.490 e. The van der Waals surface area contributed by atoms with E-state index in [0.29, 0.717) is 95.7 Å². The van der Waals surface area contributed by atoms with Crippen LogP contribution in [-0.2, 0) is 30.6 Å². The molecule has 0 saturated carbocycles. The third-order valence-electron chi connectivity index (χ3n) is 13.9. The zero-order valence-corrected chi connectivity index (χ0v) is 54.1. The molecule has 9 rings (SSSR count). The molecule has 0 bridgehead atoms. The number of anilines is 1. The van der Waals surface area contributed by atoms with Crippen molar-refractivity contribution in [1.82, 2.24) is 39.3 Å². The summed E-state index contributed by atoms with van der Waals surface area (Å²) in [6.07, 6.45) is 3.82. The summed E-state index contributed by atoms with van der Waals surface area (Å²) >= 11 is 19.1. The number of rotatable bonds is 13. The highest BCUT2D eigenvalue weighted by molar-refractivity contribution is 6.37. The number of carboxylic acid groups (broad SMARTS) is 1. The third-order valence-corrected chi connectivity index (χ3v) is 14.9. The molecule has 0 unspecified atom stereocenters. The maximum absolute atomic E-state index is 13.8. The van der Waals surface area contributed by atoms with Crippen molar-refractivity contribution in [3.63, 3.8) is 0 Å². The number of hydrogen-bond donors (Lipinski definition) is 4. The molecule has 468 valence electrons. The number of carbonyl (C=O) groups is 3. The Morgan fingerprint density at radius 2 is 1.02 bits per heavy atom. The average Bonchev–Trinajstić information content (AvgIpc) is 0.827. The number of halogens is 4. The number of fused-ring (bicyclic) bond motifs is 9. The minimum Gasteiger partial charge on any atom is -0.490 e. The Morgan fingerprint density at radius 3 is 1.52 bits per heavy atom. The van der Waals surface area contributed by atoms with Crippen LogP contribution in [-0.4, -0.2) is 88.5 Å². The number of nitrogens with zero attached hydrogens (tertiary/aromatic N) is 6. The molecule has 20 nitrogen and oxygen atoms in total. The van der Waals surface area contributed by atoms with Gasteiger partial charge in [0.1, 0.15) is 52.6 Å². The van der Waals surface area contributed by atoms with Crippen molar-refractivity contribution >= 4 is 124 Å². The van der Waals surface area contributed by atoms with Gasteiger partial charge in [0.05, 0.1) is 66.2 Å². The van der Waals surface area contributed by atoms with Crippen LogP contribution >= 0.6 is 34.8 Å². The summed E-state index contributed by atoms with van der Waals surface area (Å²) in [5.74, 6) is 0.851. The molecule has 6 heterocycles. The molecule has 9 aromatic rings. The molecule has 2 atom stereocenters. The van der Waals surface area contributed by atoms with Crippen molar-refractivity contribution in [3.8, 4) is 11.5 Å². The highest BCUT2D eigenvalue weighted by Crippen LogP contribution is 2.37. The standard InChI is InChI=1S/2C25H32ClN3O4.C14H9ClFN3O3/c1-14(2)10-16(28-24(31)33-25(4,5)6)13-32-21-12-20-18(11-19(21)26)17-8-9-27-15(3)22(17)23(30)29(20)7;1-14(2)12-16(28-24(31)33-25(4,5)6)13-32-19-9-8-18-17-10-11-27-15(3)20(17)23(30)29(7)22(18)21(19)26;1-19-10-5-8(15)9(16)4-7(10)6-2-3-17-12(18-14(21)22)11(6)13(19)20/h8-9,11-12,14,16H,10,13H2,1-7H3,(H,28,31);8-11,14,16H,12-13H2,1-7H3,(H,28,31);2-5H,1H3,(H,17,18)(H,21,22)/t2*16-;/m00./s1. The molecule has 24 heteroatoms. The second-order valence-electron chi connectivity index (χ2n) is 24.2. The monoisotopic (exact) mass is 1270 g/mol. The molecule has 0 aliphatic rings. The topological polar surface area (TPSA) is 249 Å². The average molecular weight is 1270 g/mol. The van der Waals surface area contributed by atoms with E-state index in [1.807, 2.05) is 79.7 Å². The molecule has 3 aromatic carbocycles. The molecule has 0 saturated heterocycles. The van der Waals surface area contributed by atoms with Crippen molar-refractivity contribution in [2.24, 2.45) is 33.0 Å². The first kappa shape index (κ1) is 67.2. The van der Waals surface area contributed by atoms with Gasteiger partial charge in [-0.05, 0) is 139 Å². The van der Waals surface area contributed by atoms with Gasteiger partial charge in [-0.15, -0.1) is 0 Å². The lowest BCUT2D eigenvalue weighted by molar-refractivity contribution is 0.0469. The second kappa shape index (κ2) is 27.4. The van der Waals surface area contributed by atoms with Gasteiger partial charge < -0.3 is 48.4 Å². The first-order chi connectivity index (χ1) is 41.2. The molecule has 6 aromatic heterocycles. The van der Waals surface area contributed by atoms with Gasteiger partial charge in [-0.1, -0.05) is 62.5 Å². The number of aromatic nitrogens is 6. The first-order valence-corrected chi connectivity index (χ1v) is 29.4. The second-order valence-corrected chi connectivity index (χ2v) is 25.4. The maximum Gasteiger partial charge on any atom is 0.410 e. The smallest absolute Gasteiger partial charge is 0.410 e. The number of alkyl carbamates (subject to hydrolysis) is 2. The third kappa shape index (κ3) is 15.7. The van der Waals surface area contributed by atoms with Crippen molar-refractivity contribution < 1.29 is 42.8 Å². The van der Waals surface area contributed by atoms with Crippen LogP contribution in [0.3, 0.4) is 0 Å². The van der Waals surface area contributed by atoms with Gasteiger partial charge in [0, 0.05) is 67.3 Å². The fourth-order valence-electron chi connectivity index (χ4n) is 10.2. The summed E-state index contributed by atoms with van der Waals surface area (Å²) in [5.41, 5.74) is 1.18. The number of amides is 3. The first-order valence-electron chi connectivity index (χ1n) is 28.3. The Bertz CT molecular complexity index is 4270. The van der Waals surface area contributed by atoms with Crippen molar-refractivity contribution in [2.75, 3.05) is 18.5 Å². The zero-order chi connectivity index (χ0) is 65.0. The number of pyridine rings is 6. The van der Waals surface area contributed by atoms with Gasteiger partial charge in [0.25, 0.3) is 16.7 Å². The minimum absolute atomic E-state index is 0.0709. The quantitative estimate of drug-likeness (QED) is 0.0784. The van der Waals surface area contributed by atoms with E-state index in [1.165, 1.54) is 40.6 Å². The molecule has 0 fully saturated rings. The Balaban J connectivity index is 0.000000192. The fourth-order valence-corrected chi connectivity index (χ4v) is 10.9. The van der Waals surface area contributed by atoms with E-state index in [0.717, 1.165) is 21.5 Å². The van der Waals surface area contributed by atoms with Gasteiger partial charge >= 0.3 is 18.3 Å². The lowest BCUT2D eigenvalue weighted by Crippen LogP contribution is -2.42. The fraction of sp³-hybridized carbons (Fsp3) is 0.391. The lowest BCUT2D eigenvalue weighted by Gasteiger charge is -2.25. The minimum atomic E-state index is -1.34. The van der Waals surface area contributed by atoms with Gasteiger partial charge in [-0.3, -0.25) is 29.7 Å². The molecule has 0 aliphatic heterocycles. The number of nitrogens with one attached hydrogen (secondary N) is 3. The summed E-state index contributed by atoms with van der Waals surface area (Å²) in [7, 11) is 4.91. The molecule has 0 aliphatic carbocycles. The van der Waals surface area contributed by atoms with E-state index in [2.05, 4.69) is 58.6 Å². The Labute approximate surface area is 522 Å². The van der Waals surface area contributed by atoms with Crippen molar-refractivity contribution in [2.45, 2.75) is 119 Å². The molecular weight excluding hydrogens is 1200 g/mol. The molecule has 88 heavy (non-hydrogen) atoms. The van der Waals surface area contributed by atoms with E-state index in [1.54, 1.807) is 43.2 Å². The molecule has 0 spiro atoms. The normalized spacial score (nSPS) is 12.4. The van der Waals surface area contributed by atoms with Crippen molar-refractivity contribution in [3.05, 3.63) is 137 Å². The van der Waals surface area contributed by atoms with Crippen LogP contribution in [0.1, 0.15) is 93.5 Å². The summed E-state index contributed by atoms with van der Waals surface area (Å²) in [4.78, 5) is 86.3. The summed E-state index contributed by atoms with van der Waals surface area (Å²) in [5, 5.41) is 22.8. The maximum atomic E-state index is 13.8. The summed E-state index contributed by atoms with van der Waals surface area (Å²) in [6, 6.07) is 14.5. The van der Waals surface area contributed by atoms with Crippen LogP contribution in [0.4, 0.5) is 24.6 Å².